The Balaban J connectivity index is 2.42. The van der Waals surface area contributed by atoms with E-state index in [-0.39, 0.29) is 5.97 Å². The van der Waals surface area contributed by atoms with Gasteiger partial charge in [0.25, 0.3) is 0 Å². The summed E-state index contributed by atoms with van der Waals surface area (Å²) in [6.07, 6.45) is 1.04. The van der Waals surface area contributed by atoms with Gasteiger partial charge in [0.15, 0.2) is 5.11 Å². The van der Waals surface area contributed by atoms with Crippen molar-refractivity contribution in [1.29, 1.82) is 0 Å². The molecule has 2 N–H and O–H groups in total. The summed E-state index contributed by atoms with van der Waals surface area (Å²) in [5, 5.41) is 6.62. The molecule has 0 spiro atoms. The van der Waals surface area contributed by atoms with Crippen molar-refractivity contribution in [1.82, 2.24) is 5.32 Å². The largest absolute Gasteiger partial charge is 0.495 e. The molecule has 0 atom stereocenters. The normalized spacial score (nSPS) is 9.75. The van der Waals surface area contributed by atoms with E-state index >= 15 is 0 Å². The quantitative estimate of drug-likeness (QED) is 0.477. The van der Waals surface area contributed by atoms with Crippen LogP contribution in [-0.4, -0.2) is 31.8 Å². The summed E-state index contributed by atoms with van der Waals surface area (Å²) >= 11 is 5.20. The maximum absolute atomic E-state index is 11.0. The zero-order valence-corrected chi connectivity index (χ0v) is 12.8. The molecule has 1 rings (SSSR count). The average molecular weight is 296 g/mol. The van der Waals surface area contributed by atoms with E-state index in [1.54, 1.807) is 7.11 Å². The Hall–Kier alpha value is -1.82. The van der Waals surface area contributed by atoms with Gasteiger partial charge in [0.1, 0.15) is 5.75 Å². The van der Waals surface area contributed by atoms with Crippen LogP contribution in [-0.2, 0) is 9.53 Å². The fourth-order valence-corrected chi connectivity index (χ4v) is 1.83. The highest BCUT2D eigenvalue weighted by atomic mass is 32.1. The molecule has 0 fully saturated rings. The number of carbonyl (C=O) groups excluding carboxylic acids is 1. The van der Waals surface area contributed by atoms with E-state index in [1.165, 1.54) is 7.11 Å². The third-order valence-electron chi connectivity index (χ3n) is 2.67. The maximum atomic E-state index is 11.0. The molecule has 0 aliphatic carbocycles. The van der Waals surface area contributed by atoms with Crippen LogP contribution in [0.1, 0.15) is 18.4 Å². The lowest BCUT2D eigenvalue weighted by Gasteiger charge is -2.13. The molecule has 0 aromatic heterocycles. The summed E-state index contributed by atoms with van der Waals surface area (Å²) in [5.74, 6) is 0.514. The van der Waals surface area contributed by atoms with Gasteiger partial charge >= 0.3 is 5.97 Å². The van der Waals surface area contributed by atoms with E-state index in [0.29, 0.717) is 24.5 Å². The standard InChI is InChI=1S/C14H20N2O3S/c1-10-6-7-12(18-2)11(9-10)16-14(20)15-8-4-5-13(17)19-3/h6-7,9H,4-5,8H2,1-3H3,(H2,15,16,20). The fourth-order valence-electron chi connectivity index (χ4n) is 1.62. The number of nitrogens with one attached hydrogen (secondary N) is 2. The lowest BCUT2D eigenvalue weighted by molar-refractivity contribution is -0.140. The number of benzene rings is 1. The van der Waals surface area contributed by atoms with Gasteiger partial charge in [-0.25, -0.2) is 0 Å². The van der Waals surface area contributed by atoms with Crippen LogP contribution in [0.2, 0.25) is 0 Å². The molecule has 0 unspecified atom stereocenters. The van der Waals surface area contributed by atoms with E-state index < -0.39 is 0 Å². The SMILES string of the molecule is COC(=O)CCCNC(=S)Nc1cc(C)ccc1OC. The number of thiocarbonyl (C=S) groups is 1. The molecule has 0 aliphatic rings. The van der Waals surface area contributed by atoms with Gasteiger partial charge in [-0.2, -0.15) is 0 Å². The Labute approximate surface area is 124 Å². The summed E-state index contributed by atoms with van der Waals surface area (Å²) in [4.78, 5) is 11.0. The first-order valence-electron chi connectivity index (χ1n) is 6.33. The molecule has 0 heterocycles. The molecular formula is C14H20N2O3S. The Morgan fingerprint density at radius 2 is 2.10 bits per heavy atom. The Kier molecular flexibility index (Phi) is 6.79. The smallest absolute Gasteiger partial charge is 0.305 e. The van der Waals surface area contributed by atoms with E-state index in [4.69, 9.17) is 17.0 Å². The summed E-state index contributed by atoms with van der Waals surface area (Å²) in [7, 11) is 2.99. The fraction of sp³-hybridized carbons (Fsp3) is 0.429. The van der Waals surface area contributed by atoms with Gasteiger partial charge in [-0.1, -0.05) is 6.07 Å². The van der Waals surface area contributed by atoms with Gasteiger partial charge in [-0.05, 0) is 43.3 Å². The van der Waals surface area contributed by atoms with Crippen molar-refractivity contribution < 1.29 is 14.3 Å². The van der Waals surface area contributed by atoms with Crippen LogP contribution in [0.3, 0.4) is 0 Å². The Morgan fingerprint density at radius 1 is 1.35 bits per heavy atom. The van der Waals surface area contributed by atoms with Crippen molar-refractivity contribution in [3.63, 3.8) is 0 Å². The first kappa shape index (κ1) is 16.2. The first-order chi connectivity index (χ1) is 9.56. The third kappa shape index (κ3) is 5.44. The van der Waals surface area contributed by atoms with E-state index in [2.05, 4.69) is 15.4 Å². The predicted octanol–water partition coefficient (Wildman–Crippen LogP) is 2.24. The van der Waals surface area contributed by atoms with Crippen LogP contribution in [0, 0.1) is 6.92 Å². The van der Waals surface area contributed by atoms with Gasteiger partial charge in [-0.3, -0.25) is 4.79 Å². The van der Waals surface area contributed by atoms with Crippen molar-refractivity contribution in [3.8, 4) is 5.75 Å². The topological polar surface area (TPSA) is 59.6 Å². The molecule has 0 aliphatic heterocycles. The molecule has 1 aromatic carbocycles. The highest BCUT2D eigenvalue weighted by Crippen LogP contribution is 2.24. The number of methoxy groups -OCH3 is 2. The molecule has 6 heteroatoms. The minimum Gasteiger partial charge on any atom is -0.495 e. The summed E-state index contributed by atoms with van der Waals surface area (Å²) < 4.78 is 9.83. The molecule has 0 radical (unpaired) electrons. The second-order valence-corrected chi connectivity index (χ2v) is 4.67. The van der Waals surface area contributed by atoms with Gasteiger partial charge < -0.3 is 20.1 Å². The molecule has 0 amide bonds. The van der Waals surface area contributed by atoms with E-state index in [0.717, 1.165) is 17.0 Å². The molecule has 5 nitrogen and oxygen atoms in total. The number of ether oxygens (including phenoxy) is 2. The molecule has 0 saturated heterocycles. The molecule has 1 aromatic rings. The molecule has 0 saturated carbocycles. The second-order valence-electron chi connectivity index (χ2n) is 4.26. The maximum Gasteiger partial charge on any atom is 0.305 e. The lowest BCUT2D eigenvalue weighted by Crippen LogP contribution is -2.29. The van der Waals surface area contributed by atoms with Crippen LogP contribution in [0.15, 0.2) is 18.2 Å². The van der Waals surface area contributed by atoms with Crippen molar-refractivity contribution in [2.75, 3.05) is 26.1 Å². The van der Waals surface area contributed by atoms with E-state index in [1.807, 2.05) is 25.1 Å². The number of aryl methyl sites for hydroxylation is 1. The van der Waals surface area contributed by atoms with Gasteiger partial charge in [0.05, 0.1) is 19.9 Å². The number of hydrogen-bond acceptors (Lipinski definition) is 4. The number of esters is 1. The zero-order valence-electron chi connectivity index (χ0n) is 12.0. The Morgan fingerprint density at radius 3 is 2.75 bits per heavy atom. The van der Waals surface area contributed by atoms with Crippen molar-refractivity contribution >= 4 is 29.0 Å². The summed E-state index contributed by atoms with van der Waals surface area (Å²) in [6.45, 7) is 2.60. The average Bonchev–Trinajstić information content (AvgIpc) is 2.43. The van der Waals surface area contributed by atoms with Gasteiger partial charge in [0.2, 0.25) is 0 Å². The van der Waals surface area contributed by atoms with Crippen molar-refractivity contribution in [2.45, 2.75) is 19.8 Å². The Bertz CT molecular complexity index is 477. The summed E-state index contributed by atoms with van der Waals surface area (Å²) in [6, 6.07) is 5.82. The minimum atomic E-state index is -0.217. The van der Waals surface area contributed by atoms with Crippen LogP contribution in [0.5, 0.6) is 5.75 Å². The number of anilines is 1. The molecule has 0 bridgehead atoms. The first-order valence-corrected chi connectivity index (χ1v) is 6.74. The highest BCUT2D eigenvalue weighted by Gasteiger charge is 2.05. The number of hydrogen-bond donors (Lipinski definition) is 2. The zero-order chi connectivity index (χ0) is 15.0. The summed E-state index contributed by atoms with van der Waals surface area (Å²) in [5.41, 5.74) is 1.93. The predicted molar refractivity (Wildman–Crippen MR) is 83.2 cm³/mol. The van der Waals surface area contributed by atoms with Crippen LogP contribution in [0.4, 0.5) is 5.69 Å². The second kappa shape index (κ2) is 8.37. The monoisotopic (exact) mass is 296 g/mol. The molecule has 110 valence electrons. The van der Waals surface area contributed by atoms with Gasteiger partial charge in [0, 0.05) is 13.0 Å². The lowest BCUT2D eigenvalue weighted by atomic mass is 10.2. The number of rotatable bonds is 6. The molecule has 20 heavy (non-hydrogen) atoms. The number of carbonyl (C=O) groups is 1. The van der Waals surface area contributed by atoms with Crippen molar-refractivity contribution in [2.24, 2.45) is 0 Å². The van der Waals surface area contributed by atoms with Crippen molar-refractivity contribution in [3.05, 3.63) is 23.8 Å². The van der Waals surface area contributed by atoms with Crippen LogP contribution >= 0.6 is 12.2 Å². The third-order valence-corrected chi connectivity index (χ3v) is 2.92. The highest BCUT2D eigenvalue weighted by molar-refractivity contribution is 7.80. The molecular weight excluding hydrogens is 276 g/mol. The minimum absolute atomic E-state index is 0.217. The van der Waals surface area contributed by atoms with Crippen LogP contribution in [0.25, 0.3) is 0 Å². The van der Waals surface area contributed by atoms with E-state index in [9.17, 15) is 4.79 Å². The van der Waals surface area contributed by atoms with Crippen LogP contribution < -0.4 is 15.4 Å². The van der Waals surface area contributed by atoms with Gasteiger partial charge in [-0.15, -0.1) is 0 Å².